The van der Waals surface area contributed by atoms with Crippen LogP contribution >= 0.6 is 0 Å². The Morgan fingerprint density at radius 2 is 1.88 bits per heavy atom. The lowest BCUT2D eigenvalue weighted by Crippen LogP contribution is -2.54. The van der Waals surface area contributed by atoms with E-state index in [1.807, 2.05) is 6.92 Å². The van der Waals surface area contributed by atoms with Crippen molar-refractivity contribution in [1.82, 2.24) is 4.90 Å². The third kappa shape index (κ3) is 4.40. The van der Waals surface area contributed by atoms with Gasteiger partial charge in [0.25, 0.3) is 0 Å². The molecule has 0 aromatic rings. The molecule has 0 amide bonds. The van der Waals surface area contributed by atoms with Gasteiger partial charge in [0.15, 0.2) is 0 Å². The molecule has 0 aromatic carbocycles. The molecule has 0 spiro atoms. The smallest absolute Gasteiger partial charge is 0.0593 e. The van der Waals surface area contributed by atoms with Gasteiger partial charge < -0.3 is 10.5 Å². The highest BCUT2D eigenvalue weighted by molar-refractivity contribution is 4.89. The van der Waals surface area contributed by atoms with Gasteiger partial charge in [0, 0.05) is 25.2 Å². The van der Waals surface area contributed by atoms with Crippen LogP contribution in [-0.4, -0.2) is 43.3 Å². The molecule has 0 saturated carbocycles. The van der Waals surface area contributed by atoms with E-state index in [0.717, 1.165) is 39.3 Å². The van der Waals surface area contributed by atoms with E-state index >= 15 is 0 Å². The molecule has 0 aliphatic heterocycles. The summed E-state index contributed by atoms with van der Waals surface area (Å²) in [5.41, 5.74) is 6.18. The molecule has 1 unspecified atom stereocenters. The van der Waals surface area contributed by atoms with Crippen LogP contribution in [0.15, 0.2) is 0 Å². The number of nitrogens with two attached hydrogens (primary N) is 1. The van der Waals surface area contributed by atoms with Crippen molar-refractivity contribution in [2.45, 2.75) is 52.5 Å². The minimum absolute atomic E-state index is 0.181. The average Bonchev–Trinajstić information content (AvgIpc) is 2.32. The van der Waals surface area contributed by atoms with Crippen molar-refractivity contribution in [3.8, 4) is 0 Å². The maximum Gasteiger partial charge on any atom is 0.0593 e. The summed E-state index contributed by atoms with van der Waals surface area (Å²) in [5, 5.41) is 0. The molecule has 16 heavy (non-hydrogen) atoms. The van der Waals surface area contributed by atoms with Crippen LogP contribution in [0.2, 0.25) is 0 Å². The quantitative estimate of drug-likeness (QED) is 0.585. The Bertz CT molecular complexity index is 158. The fourth-order valence-electron chi connectivity index (χ4n) is 2.45. The molecule has 0 rings (SSSR count). The van der Waals surface area contributed by atoms with Crippen molar-refractivity contribution in [2.24, 2.45) is 5.73 Å². The molecular formula is C13H30N2O. The van der Waals surface area contributed by atoms with Crippen molar-refractivity contribution >= 4 is 0 Å². The summed E-state index contributed by atoms with van der Waals surface area (Å²) >= 11 is 0. The van der Waals surface area contributed by atoms with E-state index < -0.39 is 0 Å². The molecule has 0 bridgehead atoms. The van der Waals surface area contributed by atoms with E-state index in [0.29, 0.717) is 0 Å². The zero-order chi connectivity index (χ0) is 12.4. The highest BCUT2D eigenvalue weighted by Gasteiger charge is 2.31. The van der Waals surface area contributed by atoms with Crippen molar-refractivity contribution in [2.75, 3.05) is 32.8 Å². The first kappa shape index (κ1) is 15.9. The number of ether oxygens (including phenoxy) is 1. The Balaban J connectivity index is 4.43. The summed E-state index contributed by atoms with van der Waals surface area (Å²) in [4.78, 5) is 2.49. The number of hydrogen-bond donors (Lipinski definition) is 1. The van der Waals surface area contributed by atoms with Crippen LogP contribution in [0.4, 0.5) is 0 Å². The van der Waals surface area contributed by atoms with E-state index in [2.05, 4.69) is 25.7 Å². The number of hydrogen-bond acceptors (Lipinski definition) is 3. The van der Waals surface area contributed by atoms with Gasteiger partial charge in [-0.3, -0.25) is 4.90 Å². The standard InChI is InChI=1S/C13H30N2O/c1-5-9-13(6-2,12-14)15(7-3)10-11-16-8-4/h5-12,14H2,1-4H3. The molecule has 0 heterocycles. The third-order valence-electron chi connectivity index (χ3n) is 3.52. The second kappa shape index (κ2) is 8.97. The van der Waals surface area contributed by atoms with E-state index in [-0.39, 0.29) is 5.54 Å². The second-order valence-corrected chi connectivity index (χ2v) is 4.31. The Morgan fingerprint density at radius 3 is 2.25 bits per heavy atom. The van der Waals surface area contributed by atoms with Gasteiger partial charge in [0.1, 0.15) is 0 Å². The maximum atomic E-state index is 6.00. The minimum Gasteiger partial charge on any atom is -0.380 e. The van der Waals surface area contributed by atoms with Crippen molar-refractivity contribution in [3.63, 3.8) is 0 Å². The van der Waals surface area contributed by atoms with Crippen LogP contribution in [0.3, 0.4) is 0 Å². The normalized spacial score (nSPS) is 15.4. The Morgan fingerprint density at radius 1 is 1.19 bits per heavy atom. The zero-order valence-electron chi connectivity index (χ0n) is 11.6. The van der Waals surface area contributed by atoms with E-state index in [1.165, 1.54) is 12.8 Å². The molecule has 0 aliphatic carbocycles. The predicted molar refractivity (Wildman–Crippen MR) is 70.7 cm³/mol. The Kier molecular flexibility index (Phi) is 8.90. The largest absolute Gasteiger partial charge is 0.380 e. The molecule has 98 valence electrons. The summed E-state index contributed by atoms with van der Waals surface area (Å²) < 4.78 is 5.45. The molecule has 0 aromatic heterocycles. The SMILES string of the molecule is CCCC(CC)(CN)N(CC)CCOCC. The van der Waals surface area contributed by atoms with Crippen LogP contribution in [0, 0.1) is 0 Å². The fraction of sp³-hybridized carbons (Fsp3) is 1.00. The molecule has 0 fully saturated rings. The fourth-order valence-corrected chi connectivity index (χ4v) is 2.45. The lowest BCUT2D eigenvalue weighted by atomic mass is 9.88. The van der Waals surface area contributed by atoms with Crippen LogP contribution in [0.5, 0.6) is 0 Å². The van der Waals surface area contributed by atoms with Crippen molar-refractivity contribution in [1.29, 1.82) is 0 Å². The maximum absolute atomic E-state index is 6.00. The molecule has 0 aliphatic rings. The highest BCUT2D eigenvalue weighted by Crippen LogP contribution is 2.24. The van der Waals surface area contributed by atoms with E-state index in [1.54, 1.807) is 0 Å². The second-order valence-electron chi connectivity index (χ2n) is 4.31. The van der Waals surface area contributed by atoms with Gasteiger partial charge in [-0.1, -0.05) is 27.2 Å². The van der Waals surface area contributed by atoms with Crippen LogP contribution in [0.25, 0.3) is 0 Å². The van der Waals surface area contributed by atoms with Gasteiger partial charge >= 0.3 is 0 Å². The lowest BCUT2D eigenvalue weighted by Gasteiger charge is -2.42. The first-order chi connectivity index (χ1) is 7.70. The van der Waals surface area contributed by atoms with Gasteiger partial charge in [-0.25, -0.2) is 0 Å². The van der Waals surface area contributed by atoms with Crippen LogP contribution in [0.1, 0.15) is 47.0 Å². The Labute approximate surface area is 101 Å². The molecule has 0 saturated heterocycles. The molecular weight excluding hydrogens is 200 g/mol. The van der Waals surface area contributed by atoms with Crippen LogP contribution in [-0.2, 0) is 4.74 Å². The monoisotopic (exact) mass is 230 g/mol. The first-order valence-electron chi connectivity index (χ1n) is 6.73. The van der Waals surface area contributed by atoms with Crippen molar-refractivity contribution < 1.29 is 4.74 Å². The number of likely N-dealkylation sites (N-methyl/N-ethyl adjacent to an activating group) is 1. The summed E-state index contributed by atoms with van der Waals surface area (Å²) in [5.74, 6) is 0. The summed E-state index contributed by atoms with van der Waals surface area (Å²) in [6, 6.07) is 0. The van der Waals surface area contributed by atoms with Gasteiger partial charge in [0.05, 0.1) is 6.61 Å². The topological polar surface area (TPSA) is 38.5 Å². The molecule has 1 atom stereocenters. The summed E-state index contributed by atoms with van der Waals surface area (Å²) in [6.45, 7) is 13.1. The van der Waals surface area contributed by atoms with Gasteiger partial charge in [-0.15, -0.1) is 0 Å². The number of rotatable bonds is 10. The van der Waals surface area contributed by atoms with E-state index in [9.17, 15) is 0 Å². The predicted octanol–water partition coefficient (Wildman–Crippen LogP) is 2.25. The van der Waals surface area contributed by atoms with Gasteiger partial charge in [-0.05, 0) is 26.3 Å². The van der Waals surface area contributed by atoms with Crippen LogP contribution < -0.4 is 5.73 Å². The zero-order valence-corrected chi connectivity index (χ0v) is 11.6. The lowest BCUT2D eigenvalue weighted by molar-refractivity contribution is 0.0437. The molecule has 0 radical (unpaired) electrons. The molecule has 3 heteroatoms. The summed E-state index contributed by atoms with van der Waals surface area (Å²) in [7, 11) is 0. The molecule has 3 nitrogen and oxygen atoms in total. The Hall–Kier alpha value is -0.120. The molecule has 2 N–H and O–H groups in total. The third-order valence-corrected chi connectivity index (χ3v) is 3.52. The average molecular weight is 230 g/mol. The minimum atomic E-state index is 0.181. The first-order valence-corrected chi connectivity index (χ1v) is 6.73. The van der Waals surface area contributed by atoms with Gasteiger partial charge in [-0.2, -0.15) is 0 Å². The van der Waals surface area contributed by atoms with Crippen molar-refractivity contribution in [3.05, 3.63) is 0 Å². The van der Waals surface area contributed by atoms with Gasteiger partial charge in [0.2, 0.25) is 0 Å². The number of nitrogens with zero attached hydrogens (tertiary/aromatic N) is 1. The summed E-state index contributed by atoms with van der Waals surface area (Å²) in [6.07, 6.45) is 3.49. The van der Waals surface area contributed by atoms with E-state index in [4.69, 9.17) is 10.5 Å². The highest BCUT2D eigenvalue weighted by atomic mass is 16.5.